The molecule has 1 unspecified atom stereocenters. The van der Waals surface area contributed by atoms with Crippen LogP contribution >= 0.6 is 7.75 Å². The first-order valence-electron chi connectivity index (χ1n) is 8.31. The third kappa shape index (κ3) is 4.57. The number of nitrogens with one attached hydrogen (secondary N) is 1. The molecule has 0 aromatic carbocycles. The first-order valence-corrected chi connectivity index (χ1v) is 9.81. The van der Waals surface area contributed by atoms with Crippen LogP contribution in [0, 0.1) is 5.41 Å². The van der Waals surface area contributed by atoms with Crippen molar-refractivity contribution in [2.45, 2.75) is 45.6 Å². The number of rotatable bonds is 5. The van der Waals surface area contributed by atoms with Crippen molar-refractivity contribution in [3.63, 3.8) is 0 Å². The van der Waals surface area contributed by atoms with E-state index >= 15 is 0 Å². The summed E-state index contributed by atoms with van der Waals surface area (Å²) in [6.45, 7) is 5.28. The molecule has 2 fully saturated rings. The van der Waals surface area contributed by atoms with Gasteiger partial charge >= 0.3 is 13.7 Å². The lowest BCUT2D eigenvalue weighted by molar-refractivity contribution is -0.142. The first-order chi connectivity index (χ1) is 11.3. The molecule has 8 nitrogen and oxygen atoms in total. The summed E-state index contributed by atoms with van der Waals surface area (Å²) in [7, 11) is -2.16. The van der Waals surface area contributed by atoms with Crippen LogP contribution in [0.4, 0.5) is 0 Å². The zero-order valence-corrected chi connectivity index (χ0v) is 15.5. The second-order valence-corrected chi connectivity index (χ2v) is 8.82. The third-order valence-corrected chi connectivity index (χ3v) is 6.35. The molecule has 0 aliphatic carbocycles. The van der Waals surface area contributed by atoms with E-state index in [1.54, 1.807) is 4.67 Å². The van der Waals surface area contributed by atoms with Crippen LogP contribution in [0.3, 0.4) is 0 Å². The van der Waals surface area contributed by atoms with Crippen molar-refractivity contribution in [2.75, 3.05) is 33.4 Å². The summed E-state index contributed by atoms with van der Waals surface area (Å²) in [4.78, 5) is 23.6. The molecule has 24 heavy (non-hydrogen) atoms. The fourth-order valence-corrected chi connectivity index (χ4v) is 5.06. The van der Waals surface area contributed by atoms with E-state index in [4.69, 9.17) is 9.05 Å². The number of esters is 1. The Hall–Kier alpha value is -0.950. The summed E-state index contributed by atoms with van der Waals surface area (Å²) in [6.07, 6.45) is 2.16. The van der Waals surface area contributed by atoms with Crippen molar-refractivity contribution in [1.82, 2.24) is 9.99 Å². The molecule has 0 radical (unpaired) electrons. The van der Waals surface area contributed by atoms with Crippen molar-refractivity contribution >= 4 is 19.6 Å². The quantitative estimate of drug-likeness (QED) is 0.588. The SMILES string of the molecule is COC(=O)CCNC(=O)[C@@H]1OP(=O)(N2CCCCC2)OCC1(C)C. The number of hydrogen-bond donors (Lipinski definition) is 1. The van der Waals surface area contributed by atoms with Gasteiger partial charge in [-0.25, -0.2) is 9.24 Å². The van der Waals surface area contributed by atoms with E-state index in [1.807, 2.05) is 13.8 Å². The van der Waals surface area contributed by atoms with Crippen LogP contribution in [0.15, 0.2) is 0 Å². The predicted molar refractivity (Wildman–Crippen MR) is 87.3 cm³/mol. The second-order valence-electron chi connectivity index (χ2n) is 6.85. The van der Waals surface area contributed by atoms with Gasteiger partial charge in [0.05, 0.1) is 20.1 Å². The minimum Gasteiger partial charge on any atom is -0.469 e. The first kappa shape index (κ1) is 19.4. The van der Waals surface area contributed by atoms with Gasteiger partial charge in [-0.2, -0.15) is 0 Å². The van der Waals surface area contributed by atoms with Crippen LogP contribution in [0.5, 0.6) is 0 Å². The maximum Gasteiger partial charge on any atom is 0.408 e. The Kier molecular flexibility index (Phi) is 6.42. The molecule has 9 heteroatoms. The Morgan fingerprint density at radius 2 is 1.96 bits per heavy atom. The zero-order chi connectivity index (χ0) is 17.8. The number of amides is 1. The summed E-state index contributed by atoms with van der Waals surface area (Å²) in [6, 6.07) is 0. The van der Waals surface area contributed by atoms with Crippen LogP contribution in [-0.4, -0.2) is 56.0 Å². The standard InChI is InChI=1S/C15H27N2O6P/c1-15(2)11-22-24(20,17-9-5-4-6-10-17)23-13(15)14(19)16-8-7-12(18)21-3/h13H,4-11H2,1-3H3,(H,16,19)/t13-,24?/m0/s1. The molecule has 2 heterocycles. The van der Waals surface area contributed by atoms with E-state index < -0.39 is 25.2 Å². The van der Waals surface area contributed by atoms with Crippen molar-refractivity contribution in [3.8, 4) is 0 Å². The molecule has 2 atom stereocenters. The molecule has 0 aromatic rings. The highest BCUT2D eigenvalue weighted by Gasteiger charge is 2.50. The average molecular weight is 362 g/mol. The Morgan fingerprint density at radius 1 is 1.29 bits per heavy atom. The van der Waals surface area contributed by atoms with Crippen LogP contribution < -0.4 is 5.32 Å². The van der Waals surface area contributed by atoms with Crippen LogP contribution in [0.2, 0.25) is 0 Å². The monoisotopic (exact) mass is 362 g/mol. The van der Waals surface area contributed by atoms with E-state index in [2.05, 4.69) is 10.1 Å². The third-order valence-electron chi connectivity index (χ3n) is 4.32. The van der Waals surface area contributed by atoms with Gasteiger partial charge in [0.15, 0.2) is 6.10 Å². The molecular formula is C15H27N2O6P. The number of hydrogen-bond acceptors (Lipinski definition) is 6. The number of carbonyl (C=O) groups excluding carboxylic acids is 2. The molecule has 0 spiro atoms. The molecule has 2 saturated heterocycles. The van der Waals surface area contributed by atoms with E-state index in [1.165, 1.54) is 7.11 Å². The van der Waals surface area contributed by atoms with E-state index in [9.17, 15) is 14.2 Å². The highest BCUT2D eigenvalue weighted by Crippen LogP contribution is 2.59. The highest BCUT2D eigenvalue weighted by molar-refractivity contribution is 7.51. The van der Waals surface area contributed by atoms with Crippen LogP contribution in [0.1, 0.15) is 39.5 Å². The maximum absolute atomic E-state index is 13.0. The molecule has 0 aromatic heterocycles. The van der Waals surface area contributed by atoms with Gasteiger partial charge in [-0.3, -0.25) is 18.6 Å². The zero-order valence-electron chi connectivity index (χ0n) is 14.6. The van der Waals surface area contributed by atoms with E-state index in [0.717, 1.165) is 19.3 Å². The summed E-state index contributed by atoms with van der Waals surface area (Å²) < 4.78 is 30.6. The molecular weight excluding hydrogens is 335 g/mol. The molecule has 2 rings (SSSR count). The fraction of sp³-hybridized carbons (Fsp3) is 0.867. The molecule has 2 aliphatic rings. The number of piperidine rings is 1. The van der Waals surface area contributed by atoms with Gasteiger partial charge in [-0.1, -0.05) is 20.3 Å². The normalized spacial score (nSPS) is 30.5. The van der Waals surface area contributed by atoms with Gasteiger partial charge in [-0.05, 0) is 12.8 Å². The number of ether oxygens (including phenoxy) is 1. The fourth-order valence-electron chi connectivity index (χ4n) is 2.79. The van der Waals surface area contributed by atoms with Gasteiger partial charge in [0, 0.05) is 25.0 Å². The lowest BCUT2D eigenvalue weighted by atomic mass is 9.87. The van der Waals surface area contributed by atoms with Crippen LogP contribution in [-0.2, 0) is 27.9 Å². The van der Waals surface area contributed by atoms with Gasteiger partial charge in [-0.15, -0.1) is 0 Å². The Morgan fingerprint density at radius 3 is 2.58 bits per heavy atom. The molecule has 1 amide bonds. The molecule has 1 N–H and O–H groups in total. The topological polar surface area (TPSA) is 94.2 Å². The highest BCUT2D eigenvalue weighted by atomic mass is 31.2. The van der Waals surface area contributed by atoms with Gasteiger partial charge in [0.1, 0.15) is 0 Å². The molecule has 2 aliphatic heterocycles. The summed E-state index contributed by atoms with van der Waals surface area (Å²) in [5.41, 5.74) is -0.612. The maximum atomic E-state index is 13.0. The largest absolute Gasteiger partial charge is 0.469 e. The summed E-state index contributed by atoms with van der Waals surface area (Å²) in [5.74, 6) is -0.786. The molecule has 0 saturated carbocycles. The van der Waals surface area contributed by atoms with E-state index in [0.29, 0.717) is 13.1 Å². The van der Waals surface area contributed by atoms with Gasteiger partial charge in [0.2, 0.25) is 5.91 Å². The number of nitrogens with zero attached hydrogens (tertiary/aromatic N) is 1. The smallest absolute Gasteiger partial charge is 0.408 e. The van der Waals surface area contributed by atoms with Crippen molar-refractivity contribution < 1.29 is 27.9 Å². The van der Waals surface area contributed by atoms with Crippen molar-refractivity contribution in [1.29, 1.82) is 0 Å². The Bertz CT molecular complexity index is 518. The second kappa shape index (κ2) is 7.95. The van der Waals surface area contributed by atoms with Gasteiger partial charge in [0.25, 0.3) is 0 Å². The Labute approximate surface area is 142 Å². The predicted octanol–water partition coefficient (Wildman–Crippen LogP) is 1.70. The Balaban J connectivity index is 2.01. The summed E-state index contributed by atoms with van der Waals surface area (Å²) >= 11 is 0. The van der Waals surface area contributed by atoms with E-state index in [-0.39, 0.29) is 25.5 Å². The average Bonchev–Trinajstić information content (AvgIpc) is 2.57. The lowest BCUT2D eigenvalue weighted by Crippen LogP contribution is -2.51. The minimum atomic E-state index is -3.45. The van der Waals surface area contributed by atoms with Crippen LogP contribution in [0.25, 0.3) is 0 Å². The van der Waals surface area contributed by atoms with Gasteiger partial charge < -0.3 is 10.1 Å². The number of carbonyl (C=O) groups is 2. The summed E-state index contributed by atoms with van der Waals surface area (Å²) in [5, 5.41) is 2.65. The molecule has 0 bridgehead atoms. The van der Waals surface area contributed by atoms with Crippen molar-refractivity contribution in [3.05, 3.63) is 0 Å². The minimum absolute atomic E-state index is 0.0790. The van der Waals surface area contributed by atoms with Crippen molar-refractivity contribution in [2.24, 2.45) is 5.41 Å². The molecule has 138 valence electrons. The number of methoxy groups -OCH3 is 1. The lowest BCUT2D eigenvalue weighted by Gasteiger charge is -2.44.